The summed E-state index contributed by atoms with van der Waals surface area (Å²) >= 11 is 9.42. The molecule has 0 N–H and O–H groups in total. The molecule has 2 unspecified atom stereocenters. The maximum Gasteiger partial charge on any atom is 4.00 e. The van der Waals surface area contributed by atoms with Crippen LogP contribution >= 0.6 is 5.69 Å². The molecule has 1 aliphatic rings. The largest absolute Gasteiger partial charge is 4.00 e. The van der Waals surface area contributed by atoms with Crippen LogP contribution in [0.25, 0.3) is 0 Å². The first-order valence-corrected chi connectivity index (χ1v) is 9.29. The summed E-state index contributed by atoms with van der Waals surface area (Å²) < 4.78 is 5.46. The van der Waals surface area contributed by atoms with E-state index in [4.69, 9.17) is 28.6 Å². The molecular weight excluding hydrogens is 366 g/mol. The molecule has 2 atom stereocenters. The molecule has 0 aromatic carbocycles. The van der Waals surface area contributed by atoms with Gasteiger partial charge in [0, 0.05) is 0 Å². The third-order valence-electron chi connectivity index (χ3n) is 3.74. The zero-order chi connectivity index (χ0) is 11.5. The predicted octanol–water partition coefficient (Wildman–Crippen LogP) is 2.50. The zero-order valence-electron chi connectivity index (χ0n) is 9.90. The van der Waals surface area contributed by atoms with Crippen LogP contribution < -0.4 is 4.89 Å². The van der Waals surface area contributed by atoms with E-state index in [1.165, 1.54) is 6.42 Å². The van der Waals surface area contributed by atoms with Gasteiger partial charge in [-0.1, -0.05) is 26.7 Å². The van der Waals surface area contributed by atoms with Crippen LogP contribution in [-0.2, 0) is 28.6 Å². The Morgan fingerprint density at radius 2 is 2.00 bits per heavy atom. The van der Waals surface area contributed by atoms with Crippen molar-refractivity contribution in [2.24, 2.45) is 5.41 Å². The van der Waals surface area contributed by atoms with Gasteiger partial charge in [-0.05, 0) is 31.1 Å². The van der Waals surface area contributed by atoms with Crippen LogP contribution in [0.3, 0.4) is 0 Å². The van der Waals surface area contributed by atoms with Gasteiger partial charge in [-0.15, -0.1) is 17.5 Å². The summed E-state index contributed by atoms with van der Waals surface area (Å²) in [5.41, 5.74) is -3.02. The van der Waals surface area contributed by atoms with Crippen LogP contribution in [-0.4, -0.2) is 30.0 Å². The van der Waals surface area contributed by atoms with Crippen LogP contribution in [0.2, 0.25) is 0 Å². The molecule has 0 spiro atoms. The molecule has 90 valence electrons. The van der Waals surface area contributed by atoms with E-state index >= 15 is 0 Å². The van der Waals surface area contributed by atoms with Crippen molar-refractivity contribution in [2.75, 3.05) is 0 Å². The minimum atomic E-state index is -3.17. The van der Waals surface area contributed by atoms with Gasteiger partial charge in [-0.25, -0.2) is 0 Å². The van der Waals surface area contributed by atoms with Gasteiger partial charge in [-0.3, -0.25) is 0 Å². The fourth-order valence-corrected chi connectivity index (χ4v) is 3.92. The molecule has 0 aromatic heterocycles. The Labute approximate surface area is 126 Å². The van der Waals surface area contributed by atoms with Gasteiger partial charge in [0.05, 0.1) is 6.10 Å². The third kappa shape index (κ3) is 4.77. The first-order chi connectivity index (χ1) is 6.93. The van der Waals surface area contributed by atoms with Crippen molar-refractivity contribution in [3.8, 4) is 0 Å². The summed E-state index contributed by atoms with van der Waals surface area (Å²) in [7, 11) is 0. The summed E-state index contributed by atoms with van der Waals surface area (Å²) in [5.74, 6) is 0. The van der Waals surface area contributed by atoms with Crippen molar-refractivity contribution in [3.05, 3.63) is 0 Å². The van der Waals surface area contributed by atoms with Crippen molar-refractivity contribution < 1.29 is 9.42 Å². The molecule has 1 fully saturated rings. The van der Waals surface area contributed by atoms with Crippen LogP contribution in [0.5, 0.6) is 0 Å². The van der Waals surface area contributed by atoms with E-state index in [9.17, 15) is 4.89 Å². The van der Waals surface area contributed by atoms with Gasteiger partial charge in [-0.2, -0.15) is 0 Å². The molecule has 1 saturated carbocycles. The topological polar surface area (TPSA) is 32.3 Å². The van der Waals surface area contributed by atoms with E-state index in [1.807, 2.05) is 0 Å². The molecule has 1 rings (SSSR count). The van der Waals surface area contributed by atoms with Crippen molar-refractivity contribution in [1.82, 2.24) is 0 Å². The van der Waals surface area contributed by atoms with Gasteiger partial charge in [0.2, 0.25) is 0 Å². The second-order valence-corrected chi connectivity index (χ2v) is 9.04. The first kappa shape index (κ1) is 17.7. The van der Waals surface area contributed by atoms with Crippen molar-refractivity contribution >= 4 is 53.7 Å². The van der Waals surface area contributed by atoms with E-state index < -0.39 is 5.69 Å². The number of hydrogen-bond acceptors (Lipinski definition) is 4. The Kier molecular flexibility index (Phi) is 8.13. The Bertz CT molecular complexity index is 253. The van der Waals surface area contributed by atoms with Gasteiger partial charge in [0.1, 0.15) is 0 Å². The molecule has 6 heteroatoms. The molecule has 0 aromatic rings. The van der Waals surface area contributed by atoms with Crippen LogP contribution in [0.1, 0.15) is 52.4 Å². The van der Waals surface area contributed by atoms with Crippen LogP contribution in [0.15, 0.2) is 0 Å². The molecule has 16 heavy (non-hydrogen) atoms. The summed E-state index contributed by atoms with van der Waals surface area (Å²) in [6.07, 6.45) is 6.60. The van der Waals surface area contributed by atoms with E-state index in [2.05, 4.69) is 13.8 Å². The SMILES string of the molecule is CCC1(CC)CCCCC1OP([O-])(=S)[S-].[Sn+4]. The summed E-state index contributed by atoms with van der Waals surface area (Å²) in [5, 5.41) is 0. The second-order valence-electron chi connectivity index (χ2n) is 4.36. The predicted molar refractivity (Wildman–Crippen MR) is 73.8 cm³/mol. The van der Waals surface area contributed by atoms with Crippen LogP contribution in [0, 0.1) is 5.41 Å². The molecule has 0 heterocycles. The van der Waals surface area contributed by atoms with Crippen molar-refractivity contribution in [2.45, 2.75) is 58.5 Å². The number of hydrogen-bond donors (Lipinski definition) is 0. The molecule has 0 saturated heterocycles. The van der Waals surface area contributed by atoms with E-state index in [-0.39, 0.29) is 35.4 Å². The summed E-state index contributed by atoms with van der Waals surface area (Å²) in [6, 6.07) is 0. The molecule has 0 radical (unpaired) electrons. The summed E-state index contributed by atoms with van der Waals surface area (Å²) in [6.45, 7) is 4.34. The van der Waals surface area contributed by atoms with Gasteiger partial charge >= 0.3 is 23.9 Å². The molecular formula is C10H19O2PS2Sn+2. The molecule has 1 aliphatic carbocycles. The Morgan fingerprint density at radius 1 is 1.44 bits per heavy atom. The fourth-order valence-electron chi connectivity index (χ4n) is 2.65. The second kappa shape index (κ2) is 7.34. The quantitative estimate of drug-likeness (QED) is 0.423. The maximum absolute atomic E-state index is 11.4. The average molecular weight is 385 g/mol. The molecule has 2 nitrogen and oxygen atoms in total. The molecule has 0 aliphatic heterocycles. The average Bonchev–Trinajstić information content (AvgIpc) is 2.17. The minimum Gasteiger partial charge on any atom is -0.819 e. The monoisotopic (exact) mass is 386 g/mol. The smallest absolute Gasteiger partial charge is 0.819 e. The van der Waals surface area contributed by atoms with E-state index in [0.29, 0.717) is 0 Å². The Morgan fingerprint density at radius 3 is 2.44 bits per heavy atom. The van der Waals surface area contributed by atoms with Gasteiger partial charge in [0.15, 0.2) is 0 Å². The maximum atomic E-state index is 11.4. The fraction of sp³-hybridized carbons (Fsp3) is 1.00. The summed E-state index contributed by atoms with van der Waals surface area (Å²) in [4.78, 5) is 11.4. The zero-order valence-corrected chi connectivity index (χ0v) is 15.3. The molecule has 0 bridgehead atoms. The normalized spacial score (nSPS) is 27.9. The standard InChI is InChI=1S/C10H21O2PS2.Sn/c1-3-10(4-2)8-6-5-7-9(10)12-13(11,14)15;/h9H,3-8H2,1-2H3,(H2,11,14,15);/q;+4/p-2. The number of rotatable bonds is 4. The Balaban J connectivity index is 0.00000225. The first-order valence-electron chi connectivity index (χ1n) is 5.64. The van der Waals surface area contributed by atoms with Gasteiger partial charge < -0.3 is 21.7 Å². The van der Waals surface area contributed by atoms with E-state index in [0.717, 1.165) is 32.1 Å². The minimum absolute atomic E-state index is 0. The molecule has 0 amide bonds. The van der Waals surface area contributed by atoms with Crippen molar-refractivity contribution in [3.63, 3.8) is 0 Å². The van der Waals surface area contributed by atoms with Gasteiger partial charge in [0.25, 0.3) is 0 Å². The van der Waals surface area contributed by atoms with Crippen molar-refractivity contribution in [1.29, 1.82) is 0 Å². The Hall–Kier alpha value is 1.72. The third-order valence-corrected chi connectivity index (χ3v) is 4.77. The van der Waals surface area contributed by atoms with E-state index in [1.54, 1.807) is 0 Å². The van der Waals surface area contributed by atoms with Crippen LogP contribution in [0.4, 0.5) is 0 Å².